The van der Waals surface area contributed by atoms with E-state index in [1.165, 1.54) is 0 Å². The Kier molecular flexibility index (Phi) is 2.23. The quantitative estimate of drug-likeness (QED) is 0.722. The van der Waals surface area contributed by atoms with Gasteiger partial charge in [-0.25, -0.2) is 4.79 Å². The first-order chi connectivity index (χ1) is 6.75. The fourth-order valence-electron chi connectivity index (χ4n) is 1.48. The van der Waals surface area contributed by atoms with Crippen molar-refractivity contribution < 1.29 is 14.6 Å². The van der Waals surface area contributed by atoms with E-state index in [0.717, 1.165) is 36.0 Å². The van der Waals surface area contributed by atoms with Crippen LogP contribution in [0.5, 0.6) is 5.75 Å². The van der Waals surface area contributed by atoms with Crippen molar-refractivity contribution in [2.45, 2.75) is 6.42 Å². The van der Waals surface area contributed by atoms with Gasteiger partial charge < -0.3 is 9.84 Å². The Morgan fingerprint density at radius 1 is 1.50 bits per heavy atom. The second-order valence-corrected chi connectivity index (χ2v) is 3.14. The first-order valence-electron chi connectivity index (χ1n) is 4.42. The summed E-state index contributed by atoms with van der Waals surface area (Å²) in [5.74, 6) is -0.0146. The van der Waals surface area contributed by atoms with Gasteiger partial charge in [0.25, 0.3) is 0 Å². The molecule has 1 N–H and O–H groups in total. The standard InChI is InChI=1S/C11H10O3/c12-11(13)4-2-8-1-3-10-9(7-8)5-6-14-10/h1-4,7H,5-6H2,(H,12,13)/b4-2+. The van der Waals surface area contributed by atoms with Gasteiger partial charge in [-0.2, -0.15) is 0 Å². The number of carbonyl (C=O) groups is 1. The highest BCUT2D eigenvalue weighted by molar-refractivity contribution is 5.85. The zero-order chi connectivity index (χ0) is 9.97. The fraction of sp³-hybridized carbons (Fsp3) is 0.182. The van der Waals surface area contributed by atoms with Gasteiger partial charge in [-0.05, 0) is 29.3 Å². The molecule has 1 heterocycles. The van der Waals surface area contributed by atoms with Crippen molar-refractivity contribution in [1.82, 2.24) is 0 Å². The average molecular weight is 190 g/mol. The summed E-state index contributed by atoms with van der Waals surface area (Å²) in [6.07, 6.45) is 3.63. The van der Waals surface area contributed by atoms with Crippen molar-refractivity contribution in [2.75, 3.05) is 6.61 Å². The van der Waals surface area contributed by atoms with Crippen LogP contribution in [0.25, 0.3) is 6.08 Å². The van der Waals surface area contributed by atoms with Gasteiger partial charge in [0.05, 0.1) is 6.61 Å². The van der Waals surface area contributed by atoms with E-state index in [2.05, 4.69) is 0 Å². The molecule has 1 aliphatic rings. The van der Waals surface area contributed by atoms with E-state index in [4.69, 9.17) is 9.84 Å². The molecular weight excluding hydrogens is 180 g/mol. The van der Waals surface area contributed by atoms with E-state index in [1.807, 2.05) is 18.2 Å². The summed E-state index contributed by atoms with van der Waals surface area (Å²) in [6.45, 7) is 0.724. The van der Waals surface area contributed by atoms with Gasteiger partial charge in [-0.15, -0.1) is 0 Å². The third-order valence-electron chi connectivity index (χ3n) is 2.13. The minimum Gasteiger partial charge on any atom is -0.493 e. The number of benzene rings is 1. The molecule has 0 aliphatic carbocycles. The molecule has 0 amide bonds. The van der Waals surface area contributed by atoms with Crippen molar-refractivity contribution in [3.63, 3.8) is 0 Å². The van der Waals surface area contributed by atoms with Gasteiger partial charge in [-0.1, -0.05) is 6.07 Å². The van der Waals surface area contributed by atoms with Crippen LogP contribution in [-0.4, -0.2) is 17.7 Å². The zero-order valence-electron chi connectivity index (χ0n) is 7.56. The van der Waals surface area contributed by atoms with Crippen LogP contribution in [-0.2, 0) is 11.2 Å². The van der Waals surface area contributed by atoms with Gasteiger partial charge in [0.15, 0.2) is 0 Å². The Morgan fingerprint density at radius 2 is 2.36 bits per heavy atom. The summed E-state index contributed by atoms with van der Waals surface area (Å²) in [7, 11) is 0. The van der Waals surface area contributed by atoms with Crippen LogP contribution >= 0.6 is 0 Å². The summed E-state index contributed by atoms with van der Waals surface area (Å²) in [5, 5.41) is 8.46. The molecular formula is C11H10O3. The van der Waals surface area contributed by atoms with Crippen LogP contribution in [0.3, 0.4) is 0 Å². The van der Waals surface area contributed by atoms with Crippen molar-refractivity contribution in [3.05, 3.63) is 35.4 Å². The lowest BCUT2D eigenvalue weighted by molar-refractivity contribution is -0.131. The van der Waals surface area contributed by atoms with Gasteiger partial charge in [0.2, 0.25) is 0 Å². The molecule has 0 spiro atoms. The summed E-state index contributed by atoms with van der Waals surface area (Å²) in [5.41, 5.74) is 2.05. The smallest absolute Gasteiger partial charge is 0.328 e. The Morgan fingerprint density at radius 3 is 3.14 bits per heavy atom. The summed E-state index contributed by atoms with van der Waals surface area (Å²) in [4.78, 5) is 10.3. The summed E-state index contributed by atoms with van der Waals surface area (Å²) in [6, 6.07) is 5.69. The fourth-order valence-corrected chi connectivity index (χ4v) is 1.48. The molecule has 14 heavy (non-hydrogen) atoms. The molecule has 0 aromatic heterocycles. The summed E-state index contributed by atoms with van der Waals surface area (Å²) >= 11 is 0. The Bertz CT molecular complexity index is 394. The number of fused-ring (bicyclic) bond motifs is 1. The number of ether oxygens (including phenoxy) is 1. The van der Waals surface area contributed by atoms with E-state index in [1.54, 1.807) is 6.08 Å². The molecule has 0 atom stereocenters. The molecule has 72 valence electrons. The third-order valence-corrected chi connectivity index (χ3v) is 2.13. The third kappa shape index (κ3) is 1.76. The average Bonchev–Trinajstić information content (AvgIpc) is 2.61. The molecule has 3 nitrogen and oxygen atoms in total. The number of rotatable bonds is 2. The Hall–Kier alpha value is -1.77. The van der Waals surface area contributed by atoms with Gasteiger partial charge in [0, 0.05) is 12.5 Å². The summed E-state index contributed by atoms with van der Waals surface area (Å²) < 4.78 is 5.34. The highest BCUT2D eigenvalue weighted by Gasteiger charge is 2.10. The molecule has 0 saturated heterocycles. The normalized spacial score (nSPS) is 14.0. The van der Waals surface area contributed by atoms with Gasteiger partial charge in [0.1, 0.15) is 5.75 Å². The number of hydrogen-bond acceptors (Lipinski definition) is 2. The highest BCUT2D eigenvalue weighted by Crippen LogP contribution is 2.26. The lowest BCUT2D eigenvalue weighted by Gasteiger charge is -1.98. The largest absolute Gasteiger partial charge is 0.493 e. The van der Waals surface area contributed by atoms with Crippen molar-refractivity contribution >= 4 is 12.0 Å². The highest BCUT2D eigenvalue weighted by atomic mass is 16.5. The Labute approximate surface area is 81.6 Å². The van der Waals surface area contributed by atoms with Crippen LogP contribution in [0, 0.1) is 0 Å². The minimum absolute atomic E-state index is 0.724. The monoisotopic (exact) mass is 190 g/mol. The lowest BCUT2D eigenvalue weighted by atomic mass is 10.1. The van der Waals surface area contributed by atoms with Crippen LogP contribution in [0.15, 0.2) is 24.3 Å². The van der Waals surface area contributed by atoms with Crippen molar-refractivity contribution in [3.8, 4) is 5.75 Å². The van der Waals surface area contributed by atoms with E-state index in [9.17, 15) is 4.79 Å². The maximum absolute atomic E-state index is 10.3. The SMILES string of the molecule is O=C(O)/C=C/c1ccc2c(c1)CCO2. The maximum Gasteiger partial charge on any atom is 0.328 e. The molecule has 0 bridgehead atoms. The second kappa shape index (κ2) is 3.54. The van der Waals surface area contributed by atoms with E-state index < -0.39 is 5.97 Å². The lowest BCUT2D eigenvalue weighted by Crippen LogP contribution is -1.86. The molecule has 0 radical (unpaired) electrons. The van der Waals surface area contributed by atoms with Crippen LogP contribution < -0.4 is 4.74 Å². The number of carboxylic acid groups (broad SMARTS) is 1. The van der Waals surface area contributed by atoms with Gasteiger partial charge in [-0.3, -0.25) is 0 Å². The maximum atomic E-state index is 10.3. The predicted octanol–water partition coefficient (Wildman–Crippen LogP) is 1.72. The molecule has 0 saturated carbocycles. The number of carboxylic acids is 1. The van der Waals surface area contributed by atoms with E-state index in [-0.39, 0.29) is 0 Å². The Balaban J connectivity index is 2.25. The first kappa shape index (κ1) is 8.81. The first-order valence-corrected chi connectivity index (χ1v) is 4.42. The second-order valence-electron chi connectivity index (χ2n) is 3.14. The molecule has 1 aliphatic heterocycles. The van der Waals surface area contributed by atoms with Crippen LogP contribution in [0.4, 0.5) is 0 Å². The van der Waals surface area contributed by atoms with E-state index >= 15 is 0 Å². The van der Waals surface area contributed by atoms with Gasteiger partial charge >= 0.3 is 5.97 Å². The van der Waals surface area contributed by atoms with Crippen LogP contribution in [0.2, 0.25) is 0 Å². The molecule has 1 aromatic rings. The zero-order valence-corrected chi connectivity index (χ0v) is 7.56. The number of hydrogen-bond donors (Lipinski definition) is 1. The molecule has 0 fully saturated rings. The van der Waals surface area contributed by atoms with Crippen molar-refractivity contribution in [1.29, 1.82) is 0 Å². The van der Waals surface area contributed by atoms with Crippen molar-refractivity contribution in [2.24, 2.45) is 0 Å². The van der Waals surface area contributed by atoms with Crippen LogP contribution in [0.1, 0.15) is 11.1 Å². The molecule has 1 aromatic carbocycles. The minimum atomic E-state index is -0.929. The molecule has 2 rings (SSSR count). The molecule has 3 heteroatoms. The topological polar surface area (TPSA) is 46.5 Å². The van der Waals surface area contributed by atoms with E-state index in [0.29, 0.717) is 0 Å². The molecule has 0 unspecified atom stereocenters. The predicted molar refractivity (Wildman–Crippen MR) is 52.3 cm³/mol. The number of aliphatic carboxylic acids is 1.